The number of anilines is 1. The van der Waals surface area contributed by atoms with Crippen molar-refractivity contribution in [2.75, 3.05) is 5.32 Å². The predicted molar refractivity (Wildman–Crippen MR) is 70.9 cm³/mol. The molecule has 1 fully saturated rings. The van der Waals surface area contributed by atoms with Gasteiger partial charge in [0, 0.05) is 16.5 Å². The van der Waals surface area contributed by atoms with Crippen molar-refractivity contribution in [2.24, 2.45) is 5.92 Å². The highest BCUT2D eigenvalue weighted by atomic mass is 35.5. The second-order valence-electron chi connectivity index (χ2n) is 5.12. The van der Waals surface area contributed by atoms with Gasteiger partial charge >= 0.3 is 6.09 Å². The zero-order chi connectivity index (χ0) is 12.8. The number of halogens is 1. The van der Waals surface area contributed by atoms with Crippen molar-refractivity contribution in [2.45, 2.75) is 38.2 Å². The minimum atomic E-state index is -0.461. The van der Waals surface area contributed by atoms with Gasteiger partial charge in [0.05, 0.1) is 5.69 Å². The topological polar surface area (TPSA) is 38.3 Å². The summed E-state index contributed by atoms with van der Waals surface area (Å²) in [6.07, 6.45) is 3.75. The van der Waals surface area contributed by atoms with Crippen LogP contribution in [0.5, 0.6) is 0 Å². The Labute approximate surface area is 111 Å². The summed E-state index contributed by atoms with van der Waals surface area (Å²) in [7, 11) is 0. The van der Waals surface area contributed by atoms with Gasteiger partial charge < -0.3 is 4.74 Å². The minimum Gasteiger partial charge on any atom is -0.437 e. The van der Waals surface area contributed by atoms with Gasteiger partial charge in [0.15, 0.2) is 0 Å². The summed E-state index contributed by atoms with van der Waals surface area (Å²) < 4.78 is 5.71. The predicted octanol–water partition coefficient (Wildman–Crippen LogP) is 4.31. The molecule has 3 rings (SSSR count). The third kappa shape index (κ3) is 1.77. The summed E-state index contributed by atoms with van der Waals surface area (Å²) in [5, 5.41) is 3.45. The van der Waals surface area contributed by atoms with Crippen LogP contribution < -0.4 is 5.32 Å². The number of carbonyl (C=O) groups is 1. The quantitative estimate of drug-likeness (QED) is 0.884. The third-order valence-electron chi connectivity index (χ3n) is 3.81. The van der Waals surface area contributed by atoms with E-state index >= 15 is 0 Å². The highest BCUT2D eigenvalue weighted by molar-refractivity contribution is 6.30. The molecule has 96 valence electrons. The summed E-state index contributed by atoms with van der Waals surface area (Å²) >= 11 is 6.10. The molecule has 1 unspecified atom stereocenters. The molecule has 4 heteroatoms. The third-order valence-corrected chi connectivity index (χ3v) is 4.04. The van der Waals surface area contributed by atoms with Gasteiger partial charge in [0.2, 0.25) is 0 Å². The lowest BCUT2D eigenvalue weighted by Gasteiger charge is -2.39. The zero-order valence-corrected chi connectivity index (χ0v) is 11.1. The Morgan fingerprint density at radius 3 is 2.94 bits per heavy atom. The number of ether oxygens (including phenoxy) is 1. The van der Waals surface area contributed by atoms with Gasteiger partial charge in [-0.15, -0.1) is 0 Å². The molecule has 18 heavy (non-hydrogen) atoms. The standard InChI is InChI=1S/C14H16ClNO2/c1-2-7-14(9-3-4-9)11-8-10(15)5-6-12(11)16-13(17)18-14/h5-6,8-9H,2-4,7H2,1H3,(H,16,17). The number of fused-ring (bicyclic) bond motifs is 1. The van der Waals surface area contributed by atoms with Crippen molar-refractivity contribution < 1.29 is 9.53 Å². The van der Waals surface area contributed by atoms with Crippen molar-refractivity contribution in [3.63, 3.8) is 0 Å². The first-order chi connectivity index (χ1) is 8.65. The molecule has 0 saturated heterocycles. The van der Waals surface area contributed by atoms with E-state index in [1.165, 1.54) is 0 Å². The molecule has 1 aliphatic carbocycles. The van der Waals surface area contributed by atoms with E-state index in [-0.39, 0.29) is 6.09 Å². The molecule has 0 radical (unpaired) electrons. The van der Waals surface area contributed by atoms with E-state index in [4.69, 9.17) is 16.3 Å². The van der Waals surface area contributed by atoms with E-state index in [0.29, 0.717) is 10.9 Å². The van der Waals surface area contributed by atoms with Crippen LogP contribution in [0.1, 0.15) is 38.2 Å². The van der Waals surface area contributed by atoms with Crippen molar-refractivity contribution in [3.05, 3.63) is 28.8 Å². The fourth-order valence-electron chi connectivity index (χ4n) is 2.95. The van der Waals surface area contributed by atoms with E-state index < -0.39 is 5.60 Å². The van der Waals surface area contributed by atoms with Crippen LogP contribution in [-0.4, -0.2) is 6.09 Å². The van der Waals surface area contributed by atoms with Crippen molar-refractivity contribution >= 4 is 23.4 Å². The lowest BCUT2D eigenvalue weighted by Crippen LogP contribution is -2.41. The van der Waals surface area contributed by atoms with Crippen LogP contribution in [0.3, 0.4) is 0 Å². The zero-order valence-electron chi connectivity index (χ0n) is 10.3. The molecule has 1 atom stereocenters. The normalized spacial score (nSPS) is 26.2. The van der Waals surface area contributed by atoms with Gasteiger partial charge in [-0.05, 0) is 37.5 Å². The lowest BCUT2D eigenvalue weighted by atomic mass is 9.82. The fourth-order valence-corrected chi connectivity index (χ4v) is 3.12. The second kappa shape index (κ2) is 4.16. The van der Waals surface area contributed by atoms with E-state index in [2.05, 4.69) is 12.2 Å². The number of amides is 1. The van der Waals surface area contributed by atoms with Crippen LogP contribution >= 0.6 is 11.6 Å². The highest BCUT2D eigenvalue weighted by Crippen LogP contribution is 2.54. The van der Waals surface area contributed by atoms with Crippen LogP contribution in [0, 0.1) is 5.92 Å². The maximum absolute atomic E-state index is 11.8. The van der Waals surface area contributed by atoms with E-state index in [9.17, 15) is 4.79 Å². The Bertz CT molecular complexity index is 499. The number of nitrogens with one attached hydrogen (secondary N) is 1. The molecule has 0 bridgehead atoms. The summed E-state index contributed by atoms with van der Waals surface area (Å²) in [6.45, 7) is 2.12. The van der Waals surface area contributed by atoms with Gasteiger partial charge in [0.25, 0.3) is 0 Å². The molecule has 1 N–H and O–H groups in total. The summed E-state index contributed by atoms with van der Waals surface area (Å²) in [6, 6.07) is 5.60. The molecule has 2 aliphatic rings. The minimum absolute atomic E-state index is 0.342. The Morgan fingerprint density at radius 2 is 2.28 bits per heavy atom. The largest absolute Gasteiger partial charge is 0.437 e. The molecule has 1 aliphatic heterocycles. The molecule has 1 saturated carbocycles. The average Bonchev–Trinajstić information content (AvgIpc) is 3.14. The number of rotatable bonds is 3. The first kappa shape index (κ1) is 11.8. The van der Waals surface area contributed by atoms with Gasteiger partial charge in [-0.1, -0.05) is 24.9 Å². The summed E-state index contributed by atoms with van der Waals surface area (Å²) in [5.41, 5.74) is 1.42. The molecular weight excluding hydrogens is 250 g/mol. The van der Waals surface area contributed by atoms with Crippen LogP contribution in [-0.2, 0) is 10.3 Å². The monoisotopic (exact) mass is 265 g/mol. The molecule has 0 spiro atoms. The number of benzene rings is 1. The molecule has 1 amide bonds. The van der Waals surface area contributed by atoms with Gasteiger partial charge in [0.1, 0.15) is 5.60 Å². The maximum Gasteiger partial charge on any atom is 0.412 e. The number of cyclic esters (lactones) is 1. The van der Waals surface area contributed by atoms with Crippen LogP contribution in [0.25, 0.3) is 0 Å². The SMILES string of the molecule is CCCC1(C2CC2)OC(=O)Nc2ccc(Cl)cc21. The van der Waals surface area contributed by atoms with Crippen LogP contribution in [0.2, 0.25) is 5.02 Å². The molecule has 1 heterocycles. The molecule has 1 aromatic carbocycles. The van der Waals surface area contributed by atoms with Crippen LogP contribution in [0.4, 0.5) is 10.5 Å². The van der Waals surface area contributed by atoms with E-state index in [1.54, 1.807) is 6.07 Å². The fraction of sp³-hybridized carbons (Fsp3) is 0.500. The molecule has 0 aromatic heterocycles. The Kier molecular flexibility index (Phi) is 2.74. The highest BCUT2D eigenvalue weighted by Gasteiger charge is 2.52. The lowest BCUT2D eigenvalue weighted by molar-refractivity contribution is -0.0152. The summed E-state index contributed by atoms with van der Waals surface area (Å²) in [4.78, 5) is 11.8. The Balaban J connectivity index is 2.14. The van der Waals surface area contributed by atoms with Gasteiger partial charge in [-0.25, -0.2) is 4.79 Å². The maximum atomic E-state index is 11.8. The van der Waals surface area contributed by atoms with Crippen LogP contribution in [0.15, 0.2) is 18.2 Å². The van der Waals surface area contributed by atoms with E-state index in [1.807, 2.05) is 12.1 Å². The molecular formula is C14H16ClNO2. The number of hydrogen-bond donors (Lipinski definition) is 1. The first-order valence-corrected chi connectivity index (χ1v) is 6.83. The summed E-state index contributed by atoms with van der Waals surface area (Å²) in [5.74, 6) is 0.445. The Hall–Kier alpha value is -1.22. The van der Waals surface area contributed by atoms with Gasteiger partial charge in [-0.3, -0.25) is 5.32 Å². The number of hydrogen-bond acceptors (Lipinski definition) is 2. The second-order valence-corrected chi connectivity index (χ2v) is 5.55. The Morgan fingerprint density at radius 1 is 1.50 bits per heavy atom. The molecule has 3 nitrogen and oxygen atoms in total. The van der Waals surface area contributed by atoms with Crippen molar-refractivity contribution in [1.29, 1.82) is 0 Å². The number of carbonyl (C=O) groups excluding carboxylic acids is 1. The van der Waals surface area contributed by atoms with Gasteiger partial charge in [-0.2, -0.15) is 0 Å². The van der Waals surface area contributed by atoms with E-state index in [0.717, 1.165) is 36.9 Å². The molecule has 1 aromatic rings. The average molecular weight is 266 g/mol. The van der Waals surface area contributed by atoms with Crippen molar-refractivity contribution in [3.8, 4) is 0 Å². The van der Waals surface area contributed by atoms with Crippen molar-refractivity contribution in [1.82, 2.24) is 0 Å². The smallest absolute Gasteiger partial charge is 0.412 e. The first-order valence-electron chi connectivity index (χ1n) is 6.46.